The predicted molar refractivity (Wildman–Crippen MR) is 56.3 cm³/mol. The molecule has 0 atom stereocenters. The second kappa shape index (κ2) is 5.09. The summed E-state index contributed by atoms with van der Waals surface area (Å²) in [5.74, 6) is 0.137. The van der Waals surface area contributed by atoms with Crippen LogP contribution in [0.3, 0.4) is 0 Å². The summed E-state index contributed by atoms with van der Waals surface area (Å²) in [5, 5.41) is 0. The zero-order valence-corrected chi connectivity index (χ0v) is 10.2. The molecule has 0 amide bonds. The van der Waals surface area contributed by atoms with Gasteiger partial charge in [0.05, 0.1) is 0 Å². The Balaban J connectivity index is 2.41. The van der Waals surface area contributed by atoms with E-state index in [-0.39, 0.29) is 18.5 Å². The number of halogens is 3. The molecule has 3 N–H and O–H groups in total. The molecular formula is C8H16F3N3O2S. The summed E-state index contributed by atoms with van der Waals surface area (Å²) in [6.45, 7) is -1.36. The van der Waals surface area contributed by atoms with Gasteiger partial charge in [-0.2, -0.15) is 30.6 Å². The first-order valence-corrected chi connectivity index (χ1v) is 6.57. The molecule has 0 bridgehead atoms. The Bertz CT molecular complexity index is 352. The number of nitrogens with one attached hydrogen (secondary N) is 1. The topological polar surface area (TPSA) is 75.4 Å². The van der Waals surface area contributed by atoms with Crippen molar-refractivity contribution in [1.82, 2.24) is 9.03 Å². The monoisotopic (exact) mass is 275 g/mol. The standard InChI is InChI=1S/C8H16F3N3O2S/c1-14(4-6-2-7(12)3-6)17(15,16)13-5-8(9,10)11/h6-7,13H,2-5,12H2,1H3. The van der Waals surface area contributed by atoms with E-state index in [1.165, 1.54) is 11.8 Å². The number of nitrogens with two attached hydrogens (primary N) is 1. The first kappa shape index (κ1) is 14.7. The molecule has 0 spiro atoms. The van der Waals surface area contributed by atoms with E-state index < -0.39 is 22.9 Å². The molecule has 0 aromatic heterocycles. The van der Waals surface area contributed by atoms with Crippen LogP contribution in [0.15, 0.2) is 0 Å². The predicted octanol–water partition coefficient (Wildman–Crippen LogP) is 0.0522. The fourth-order valence-electron chi connectivity index (χ4n) is 1.68. The molecule has 1 aliphatic rings. The van der Waals surface area contributed by atoms with Crippen molar-refractivity contribution in [2.75, 3.05) is 20.1 Å². The fraction of sp³-hybridized carbons (Fsp3) is 1.00. The van der Waals surface area contributed by atoms with Crippen molar-refractivity contribution in [2.24, 2.45) is 11.7 Å². The molecule has 0 aliphatic heterocycles. The van der Waals surface area contributed by atoms with Crippen molar-refractivity contribution < 1.29 is 21.6 Å². The Morgan fingerprint density at radius 1 is 1.41 bits per heavy atom. The van der Waals surface area contributed by atoms with E-state index in [0.717, 1.165) is 4.31 Å². The summed E-state index contributed by atoms with van der Waals surface area (Å²) < 4.78 is 60.9. The normalized spacial score (nSPS) is 26.0. The van der Waals surface area contributed by atoms with Crippen molar-refractivity contribution in [2.45, 2.75) is 25.1 Å². The number of rotatable bonds is 5. The third kappa shape index (κ3) is 4.78. The molecular weight excluding hydrogens is 259 g/mol. The Kier molecular flexibility index (Phi) is 4.39. The number of hydrogen-bond acceptors (Lipinski definition) is 3. The molecule has 1 aliphatic carbocycles. The van der Waals surface area contributed by atoms with Crippen LogP contribution in [0.1, 0.15) is 12.8 Å². The van der Waals surface area contributed by atoms with Crippen molar-refractivity contribution in [3.8, 4) is 0 Å². The Labute approximate surface area is 98.3 Å². The van der Waals surface area contributed by atoms with Crippen molar-refractivity contribution in [3.05, 3.63) is 0 Å². The zero-order chi connectivity index (χ0) is 13.3. The molecule has 0 saturated heterocycles. The molecule has 0 aromatic rings. The van der Waals surface area contributed by atoms with Crippen LogP contribution in [0, 0.1) is 5.92 Å². The van der Waals surface area contributed by atoms with Gasteiger partial charge in [-0.1, -0.05) is 0 Å². The van der Waals surface area contributed by atoms with E-state index in [9.17, 15) is 21.6 Å². The van der Waals surface area contributed by atoms with E-state index >= 15 is 0 Å². The lowest BCUT2D eigenvalue weighted by Crippen LogP contribution is -2.47. The number of nitrogens with zero attached hydrogens (tertiary/aromatic N) is 1. The minimum absolute atomic E-state index is 0.0826. The Morgan fingerprint density at radius 3 is 2.35 bits per heavy atom. The maximum atomic E-state index is 11.9. The Hall–Kier alpha value is -0.380. The summed E-state index contributed by atoms with van der Waals surface area (Å²) in [5.41, 5.74) is 5.54. The van der Waals surface area contributed by atoms with Crippen LogP contribution in [0.4, 0.5) is 13.2 Å². The molecule has 1 rings (SSSR count). The lowest BCUT2D eigenvalue weighted by Gasteiger charge is -2.34. The molecule has 0 heterocycles. The maximum absolute atomic E-state index is 11.9. The van der Waals surface area contributed by atoms with Crippen LogP contribution >= 0.6 is 0 Å². The largest absolute Gasteiger partial charge is 0.402 e. The molecule has 0 radical (unpaired) electrons. The molecule has 5 nitrogen and oxygen atoms in total. The Morgan fingerprint density at radius 2 is 1.94 bits per heavy atom. The van der Waals surface area contributed by atoms with E-state index in [1.807, 2.05) is 0 Å². The summed E-state index contributed by atoms with van der Waals surface area (Å²) in [6.07, 6.45) is -3.13. The van der Waals surface area contributed by atoms with Gasteiger partial charge in [-0.3, -0.25) is 0 Å². The van der Waals surface area contributed by atoms with Crippen molar-refractivity contribution >= 4 is 10.2 Å². The van der Waals surface area contributed by atoms with Gasteiger partial charge in [0, 0.05) is 19.6 Å². The van der Waals surface area contributed by atoms with E-state index in [0.29, 0.717) is 12.8 Å². The van der Waals surface area contributed by atoms with Crippen molar-refractivity contribution in [1.29, 1.82) is 0 Å². The van der Waals surface area contributed by atoms with Crippen LogP contribution in [-0.4, -0.2) is 45.1 Å². The summed E-state index contributed by atoms with van der Waals surface area (Å²) in [4.78, 5) is 0. The highest BCUT2D eigenvalue weighted by Crippen LogP contribution is 2.26. The molecule has 102 valence electrons. The van der Waals surface area contributed by atoms with Gasteiger partial charge in [0.25, 0.3) is 10.2 Å². The third-order valence-electron chi connectivity index (χ3n) is 2.65. The number of alkyl halides is 3. The van der Waals surface area contributed by atoms with Crippen LogP contribution in [0.2, 0.25) is 0 Å². The van der Waals surface area contributed by atoms with Gasteiger partial charge in [0.15, 0.2) is 0 Å². The quantitative estimate of drug-likeness (QED) is 0.744. The minimum Gasteiger partial charge on any atom is -0.328 e. The molecule has 17 heavy (non-hydrogen) atoms. The van der Waals surface area contributed by atoms with E-state index in [2.05, 4.69) is 0 Å². The lowest BCUT2D eigenvalue weighted by atomic mass is 9.81. The second-order valence-corrected chi connectivity index (χ2v) is 6.18. The summed E-state index contributed by atoms with van der Waals surface area (Å²) in [7, 11) is -2.81. The first-order valence-electron chi connectivity index (χ1n) is 5.13. The number of hydrogen-bond donors (Lipinski definition) is 2. The molecule has 9 heteroatoms. The summed E-state index contributed by atoms with van der Waals surface area (Å²) >= 11 is 0. The highest BCUT2D eigenvalue weighted by Gasteiger charge is 2.33. The first-order chi connectivity index (χ1) is 7.60. The van der Waals surface area contributed by atoms with Gasteiger partial charge >= 0.3 is 6.18 Å². The zero-order valence-electron chi connectivity index (χ0n) is 9.37. The van der Waals surface area contributed by atoms with E-state index in [1.54, 1.807) is 0 Å². The highest BCUT2D eigenvalue weighted by atomic mass is 32.2. The molecule has 1 saturated carbocycles. The van der Waals surface area contributed by atoms with Gasteiger partial charge in [0.2, 0.25) is 0 Å². The molecule has 0 unspecified atom stereocenters. The maximum Gasteiger partial charge on any atom is 0.402 e. The van der Waals surface area contributed by atoms with Gasteiger partial charge in [-0.05, 0) is 18.8 Å². The average molecular weight is 275 g/mol. The van der Waals surface area contributed by atoms with E-state index in [4.69, 9.17) is 5.73 Å². The second-order valence-electron chi connectivity index (χ2n) is 4.32. The van der Waals surface area contributed by atoms with Gasteiger partial charge < -0.3 is 5.73 Å². The van der Waals surface area contributed by atoms with Crippen LogP contribution in [0.25, 0.3) is 0 Å². The van der Waals surface area contributed by atoms with Gasteiger partial charge in [-0.15, -0.1) is 0 Å². The third-order valence-corrected chi connectivity index (χ3v) is 4.13. The molecule has 1 fully saturated rings. The lowest BCUT2D eigenvalue weighted by molar-refractivity contribution is -0.121. The SMILES string of the molecule is CN(CC1CC(N)C1)S(=O)(=O)NCC(F)(F)F. The van der Waals surface area contributed by atoms with Gasteiger partial charge in [0.1, 0.15) is 6.54 Å². The highest BCUT2D eigenvalue weighted by molar-refractivity contribution is 7.87. The fourth-order valence-corrected chi connectivity index (χ4v) is 2.65. The smallest absolute Gasteiger partial charge is 0.328 e. The average Bonchev–Trinajstić information content (AvgIpc) is 2.11. The van der Waals surface area contributed by atoms with Crippen molar-refractivity contribution in [3.63, 3.8) is 0 Å². The van der Waals surface area contributed by atoms with Gasteiger partial charge in [-0.25, -0.2) is 0 Å². The van der Waals surface area contributed by atoms with Crippen LogP contribution < -0.4 is 10.5 Å². The minimum atomic E-state index is -4.55. The van der Waals surface area contributed by atoms with Crippen LogP contribution in [0.5, 0.6) is 0 Å². The van der Waals surface area contributed by atoms with Crippen LogP contribution in [-0.2, 0) is 10.2 Å². The molecule has 0 aromatic carbocycles. The summed E-state index contributed by atoms with van der Waals surface area (Å²) in [6, 6.07) is 0.0826.